The number of thiazole rings is 1. The molecule has 0 unspecified atom stereocenters. The van der Waals surface area contributed by atoms with Gasteiger partial charge in [-0.3, -0.25) is 0 Å². The fourth-order valence-corrected chi connectivity index (χ4v) is 5.61. The van der Waals surface area contributed by atoms with E-state index in [-0.39, 0.29) is 0 Å². The molecule has 0 bridgehead atoms. The lowest BCUT2D eigenvalue weighted by Gasteiger charge is -2.36. The summed E-state index contributed by atoms with van der Waals surface area (Å²) in [6.45, 7) is 4.18. The van der Waals surface area contributed by atoms with Crippen LogP contribution in [0.4, 0.5) is 5.13 Å². The third-order valence-corrected chi connectivity index (χ3v) is 7.50. The van der Waals surface area contributed by atoms with Gasteiger partial charge in [0.2, 0.25) is 0 Å². The Bertz CT molecular complexity index is 1140. The minimum absolute atomic E-state index is 0.559. The summed E-state index contributed by atoms with van der Waals surface area (Å²) in [4.78, 5) is 9.95. The predicted octanol–water partition coefficient (Wildman–Crippen LogP) is 5.82. The van der Waals surface area contributed by atoms with Crippen LogP contribution >= 0.6 is 11.3 Å². The van der Waals surface area contributed by atoms with E-state index in [9.17, 15) is 0 Å². The average Bonchev–Trinajstić information content (AvgIpc) is 3.27. The molecule has 1 aliphatic rings. The Hall–Kier alpha value is -2.63. The first-order valence-electron chi connectivity index (χ1n) is 11.2. The number of rotatable bonds is 7. The van der Waals surface area contributed by atoms with Crippen molar-refractivity contribution in [2.75, 3.05) is 38.2 Å². The lowest BCUT2D eigenvalue weighted by molar-refractivity contribution is 0.192. The number of hydrogen-bond acceptors (Lipinski definition) is 5. The van der Waals surface area contributed by atoms with Crippen molar-refractivity contribution in [3.8, 4) is 5.75 Å². The molecule has 0 aliphatic carbocycles. The van der Waals surface area contributed by atoms with E-state index in [2.05, 4.69) is 53.2 Å². The molecule has 4 aromatic rings. The summed E-state index contributed by atoms with van der Waals surface area (Å²) in [5, 5.41) is 3.74. The summed E-state index contributed by atoms with van der Waals surface area (Å²) in [5.41, 5.74) is 1.11. The number of ether oxygens (including phenoxy) is 1. The van der Waals surface area contributed by atoms with Crippen LogP contribution in [0.1, 0.15) is 19.3 Å². The maximum atomic E-state index is 5.83. The van der Waals surface area contributed by atoms with Crippen molar-refractivity contribution in [1.29, 1.82) is 0 Å². The second-order valence-corrected chi connectivity index (χ2v) is 9.31. The molecule has 4 nitrogen and oxygen atoms in total. The van der Waals surface area contributed by atoms with Crippen LogP contribution in [0.25, 0.3) is 21.0 Å². The Balaban J connectivity index is 1.15. The Morgan fingerprint density at radius 2 is 1.77 bits per heavy atom. The molecule has 1 aromatic heterocycles. The molecule has 2 heterocycles. The minimum atomic E-state index is 0.559. The highest BCUT2D eigenvalue weighted by Crippen LogP contribution is 2.35. The summed E-state index contributed by atoms with van der Waals surface area (Å²) in [5.74, 6) is 0.964. The highest BCUT2D eigenvalue weighted by atomic mass is 32.1. The fraction of sp³-hybridized carbons (Fsp3) is 0.346. The van der Waals surface area contributed by atoms with Crippen LogP contribution < -0.4 is 9.64 Å². The van der Waals surface area contributed by atoms with Crippen LogP contribution in [0, 0.1) is 0 Å². The standard InChI is InChI=1S/C26H29N3OS/c1-28(26-27-24-13-12-20-8-5-6-11-23(20)25(24)31-26)21-14-17-29(18-15-21)16-7-19-30-22-9-3-2-4-10-22/h2-6,8-13,21H,7,14-19H2,1H3. The number of piperidine rings is 1. The van der Waals surface area contributed by atoms with E-state index in [1.54, 1.807) is 0 Å². The van der Waals surface area contributed by atoms with Crippen molar-refractivity contribution in [3.05, 3.63) is 66.7 Å². The number of anilines is 1. The first kappa shape index (κ1) is 20.3. The molecule has 0 amide bonds. The minimum Gasteiger partial charge on any atom is -0.494 e. The number of fused-ring (bicyclic) bond motifs is 3. The van der Waals surface area contributed by atoms with E-state index < -0.39 is 0 Å². The van der Waals surface area contributed by atoms with E-state index in [0.717, 1.165) is 49.1 Å². The molecule has 160 valence electrons. The molecule has 1 saturated heterocycles. The highest BCUT2D eigenvalue weighted by Gasteiger charge is 2.24. The molecular weight excluding hydrogens is 402 g/mol. The van der Waals surface area contributed by atoms with Crippen LogP contribution in [0.15, 0.2) is 66.7 Å². The fourth-order valence-electron chi connectivity index (χ4n) is 4.48. The molecule has 0 spiro atoms. The maximum Gasteiger partial charge on any atom is 0.186 e. The number of para-hydroxylation sites is 1. The molecule has 0 N–H and O–H groups in total. The summed E-state index contributed by atoms with van der Waals surface area (Å²) in [6.07, 6.45) is 3.44. The van der Waals surface area contributed by atoms with Gasteiger partial charge in [0, 0.05) is 38.1 Å². The van der Waals surface area contributed by atoms with Gasteiger partial charge in [0.15, 0.2) is 5.13 Å². The molecule has 0 saturated carbocycles. The van der Waals surface area contributed by atoms with Crippen LogP contribution in [0.3, 0.4) is 0 Å². The van der Waals surface area contributed by atoms with Gasteiger partial charge in [0.1, 0.15) is 5.75 Å². The lowest BCUT2D eigenvalue weighted by atomic mass is 10.0. The molecule has 1 fully saturated rings. The predicted molar refractivity (Wildman–Crippen MR) is 132 cm³/mol. The van der Waals surface area contributed by atoms with Gasteiger partial charge in [0.05, 0.1) is 16.8 Å². The van der Waals surface area contributed by atoms with Crippen molar-refractivity contribution in [2.24, 2.45) is 0 Å². The van der Waals surface area contributed by atoms with Crippen molar-refractivity contribution < 1.29 is 4.74 Å². The molecular formula is C26H29N3OS. The largest absolute Gasteiger partial charge is 0.494 e. The lowest BCUT2D eigenvalue weighted by Crippen LogP contribution is -2.43. The third-order valence-electron chi connectivity index (χ3n) is 6.31. The van der Waals surface area contributed by atoms with E-state index in [1.165, 1.54) is 28.3 Å². The summed E-state index contributed by atoms with van der Waals surface area (Å²) in [7, 11) is 2.22. The average molecular weight is 432 g/mol. The molecule has 3 aromatic carbocycles. The molecule has 5 rings (SSSR count). The van der Waals surface area contributed by atoms with Gasteiger partial charge < -0.3 is 14.5 Å². The summed E-state index contributed by atoms with van der Waals surface area (Å²) < 4.78 is 7.13. The third kappa shape index (κ3) is 4.53. The Labute approximate surface area is 188 Å². The van der Waals surface area contributed by atoms with Crippen molar-refractivity contribution in [1.82, 2.24) is 9.88 Å². The van der Waals surface area contributed by atoms with Gasteiger partial charge in [-0.05, 0) is 42.8 Å². The van der Waals surface area contributed by atoms with Crippen molar-refractivity contribution in [2.45, 2.75) is 25.3 Å². The van der Waals surface area contributed by atoms with Crippen LogP contribution in [-0.2, 0) is 0 Å². The smallest absolute Gasteiger partial charge is 0.186 e. The van der Waals surface area contributed by atoms with E-state index in [4.69, 9.17) is 9.72 Å². The normalized spacial score (nSPS) is 15.5. The Morgan fingerprint density at radius 3 is 2.61 bits per heavy atom. The monoisotopic (exact) mass is 431 g/mol. The zero-order valence-electron chi connectivity index (χ0n) is 18.0. The molecule has 0 atom stereocenters. The van der Waals surface area contributed by atoms with Gasteiger partial charge in [-0.15, -0.1) is 0 Å². The van der Waals surface area contributed by atoms with Crippen LogP contribution in [0.2, 0.25) is 0 Å². The van der Waals surface area contributed by atoms with E-state index in [0.29, 0.717) is 6.04 Å². The van der Waals surface area contributed by atoms with Crippen LogP contribution in [-0.4, -0.2) is 49.2 Å². The topological polar surface area (TPSA) is 28.6 Å². The quantitative estimate of drug-likeness (QED) is 0.345. The number of aromatic nitrogens is 1. The van der Waals surface area contributed by atoms with Crippen molar-refractivity contribution >= 4 is 37.5 Å². The number of nitrogens with zero attached hydrogens (tertiary/aromatic N) is 3. The van der Waals surface area contributed by atoms with Crippen LogP contribution in [0.5, 0.6) is 5.75 Å². The second kappa shape index (κ2) is 9.25. The zero-order valence-corrected chi connectivity index (χ0v) is 18.9. The van der Waals surface area contributed by atoms with E-state index in [1.807, 2.05) is 41.7 Å². The first-order valence-corrected chi connectivity index (χ1v) is 12.0. The van der Waals surface area contributed by atoms with Gasteiger partial charge in [-0.25, -0.2) is 4.98 Å². The van der Waals surface area contributed by atoms with Crippen molar-refractivity contribution in [3.63, 3.8) is 0 Å². The highest BCUT2D eigenvalue weighted by molar-refractivity contribution is 7.23. The van der Waals surface area contributed by atoms with Gasteiger partial charge in [0.25, 0.3) is 0 Å². The summed E-state index contributed by atoms with van der Waals surface area (Å²) >= 11 is 1.83. The SMILES string of the molecule is CN(c1nc2ccc3ccccc3c2s1)C1CCN(CCCOc2ccccc2)CC1. The second-order valence-electron chi connectivity index (χ2n) is 8.33. The molecule has 31 heavy (non-hydrogen) atoms. The Morgan fingerprint density at radius 1 is 1.00 bits per heavy atom. The number of benzene rings is 3. The number of hydrogen-bond donors (Lipinski definition) is 0. The zero-order chi connectivity index (χ0) is 21.0. The van der Waals surface area contributed by atoms with Gasteiger partial charge in [-0.2, -0.15) is 0 Å². The number of likely N-dealkylation sites (tertiary alicyclic amines) is 1. The maximum absolute atomic E-state index is 5.83. The molecule has 5 heteroatoms. The first-order chi connectivity index (χ1) is 15.3. The Kier molecular flexibility index (Phi) is 6.05. The van der Waals surface area contributed by atoms with E-state index >= 15 is 0 Å². The molecule has 0 radical (unpaired) electrons. The molecule has 1 aliphatic heterocycles. The summed E-state index contributed by atoms with van der Waals surface area (Å²) in [6, 6.07) is 23.6. The van der Waals surface area contributed by atoms with Gasteiger partial charge >= 0.3 is 0 Å². The van der Waals surface area contributed by atoms with Gasteiger partial charge in [-0.1, -0.05) is 59.9 Å².